The Morgan fingerprint density at radius 3 is 2.51 bits per heavy atom. The minimum absolute atomic E-state index is 0.0259. The van der Waals surface area contributed by atoms with E-state index in [9.17, 15) is 22.0 Å². The Kier molecular flexibility index (Phi) is 7.37. The summed E-state index contributed by atoms with van der Waals surface area (Å²) >= 11 is 0. The number of aryl methyl sites for hydroxylation is 1. The van der Waals surface area contributed by atoms with Gasteiger partial charge in [0.15, 0.2) is 0 Å². The normalized spacial score (nSPS) is 11.6. The van der Waals surface area contributed by atoms with E-state index in [-0.39, 0.29) is 44.5 Å². The lowest BCUT2D eigenvalue weighted by molar-refractivity contribution is -0.0498. The summed E-state index contributed by atoms with van der Waals surface area (Å²) in [5, 5.41) is 0.370. The molecule has 0 saturated carbocycles. The van der Waals surface area contributed by atoms with E-state index in [1.165, 1.54) is 84.7 Å². The van der Waals surface area contributed by atoms with Gasteiger partial charge in [0.25, 0.3) is 15.6 Å². The van der Waals surface area contributed by atoms with Crippen LogP contribution in [0.25, 0.3) is 27.7 Å². The number of rotatable bonds is 8. The molecule has 0 atom stereocenters. The van der Waals surface area contributed by atoms with Crippen LogP contribution in [0.2, 0.25) is 0 Å². The summed E-state index contributed by atoms with van der Waals surface area (Å²) < 4.78 is 80.3. The maximum absolute atomic E-state index is 15.5. The summed E-state index contributed by atoms with van der Waals surface area (Å²) in [6, 6.07) is 16.2. The van der Waals surface area contributed by atoms with Gasteiger partial charge in [0, 0.05) is 34.8 Å². The molecule has 2 heterocycles. The smallest absolute Gasteiger partial charge is 0.387 e. The van der Waals surface area contributed by atoms with Crippen LogP contribution in [0.1, 0.15) is 5.69 Å². The predicted molar refractivity (Wildman–Crippen MR) is 146 cm³/mol. The molecule has 0 amide bonds. The molecule has 5 aromatic rings. The molecule has 0 aliphatic rings. The van der Waals surface area contributed by atoms with Crippen molar-refractivity contribution < 1.29 is 31.1 Å². The van der Waals surface area contributed by atoms with Gasteiger partial charge in [-0.3, -0.25) is 14.1 Å². The number of fused-ring (bicyclic) bond motifs is 1. The number of nitrogens with one attached hydrogen (secondary N) is 1. The average Bonchev–Trinajstić information content (AvgIpc) is 2.92. The van der Waals surface area contributed by atoms with Crippen LogP contribution in [0.3, 0.4) is 0 Å². The van der Waals surface area contributed by atoms with Crippen molar-refractivity contribution in [2.75, 3.05) is 11.8 Å². The molecule has 0 aliphatic heterocycles. The molecule has 0 bridgehead atoms. The number of hydrogen-bond acceptors (Lipinski definition) is 7. The summed E-state index contributed by atoms with van der Waals surface area (Å²) in [5.74, 6) is -0.717. The molecule has 0 spiro atoms. The second kappa shape index (κ2) is 10.9. The van der Waals surface area contributed by atoms with Gasteiger partial charge < -0.3 is 9.47 Å². The zero-order valence-corrected chi connectivity index (χ0v) is 22.3. The van der Waals surface area contributed by atoms with E-state index >= 15 is 4.39 Å². The standard InChI is InChI=1S/C28H21F3N4O5S/c1-16-10-26(33-15-32-16)34-41(37,38)20-7-8-23-18(12-20)6-9-27(36)35(23)24-14-22(29)21(13-25(24)39-2)17-4-3-5-19(11-17)40-28(30)31/h3-15,28H,1-2H3,(H,32,33,34). The lowest BCUT2D eigenvalue weighted by Crippen LogP contribution is -2.19. The number of benzene rings is 3. The van der Waals surface area contributed by atoms with Crippen molar-refractivity contribution >= 4 is 26.7 Å². The molecule has 210 valence electrons. The zero-order chi connectivity index (χ0) is 29.3. The minimum atomic E-state index is -4.05. The highest BCUT2D eigenvalue weighted by Crippen LogP contribution is 2.35. The minimum Gasteiger partial charge on any atom is -0.495 e. The molecule has 2 aromatic heterocycles. The van der Waals surface area contributed by atoms with Crippen molar-refractivity contribution in [3.05, 3.63) is 101 Å². The van der Waals surface area contributed by atoms with Gasteiger partial charge in [0.05, 0.1) is 23.2 Å². The molecular weight excluding hydrogens is 561 g/mol. The van der Waals surface area contributed by atoms with Crippen LogP contribution in [-0.4, -0.2) is 36.7 Å². The molecule has 9 nitrogen and oxygen atoms in total. The molecule has 41 heavy (non-hydrogen) atoms. The van der Waals surface area contributed by atoms with Crippen LogP contribution in [0, 0.1) is 12.7 Å². The van der Waals surface area contributed by atoms with Crippen molar-refractivity contribution in [1.29, 1.82) is 0 Å². The van der Waals surface area contributed by atoms with Gasteiger partial charge in [-0.05, 0) is 55.0 Å². The molecule has 0 fully saturated rings. The van der Waals surface area contributed by atoms with E-state index in [1.807, 2.05) is 0 Å². The van der Waals surface area contributed by atoms with Crippen molar-refractivity contribution in [3.8, 4) is 28.3 Å². The number of halogens is 3. The second-order valence-electron chi connectivity index (χ2n) is 8.79. The first-order valence-corrected chi connectivity index (χ1v) is 13.4. The number of sulfonamides is 1. The average molecular weight is 583 g/mol. The lowest BCUT2D eigenvalue weighted by atomic mass is 10.0. The maximum atomic E-state index is 15.5. The van der Waals surface area contributed by atoms with Gasteiger partial charge in [-0.2, -0.15) is 8.78 Å². The van der Waals surface area contributed by atoms with Crippen molar-refractivity contribution in [1.82, 2.24) is 14.5 Å². The number of nitrogens with zero attached hydrogens (tertiary/aromatic N) is 3. The molecule has 0 aliphatic carbocycles. The third-order valence-electron chi connectivity index (χ3n) is 6.10. The number of anilines is 1. The monoisotopic (exact) mass is 582 g/mol. The molecule has 1 N–H and O–H groups in total. The van der Waals surface area contributed by atoms with E-state index < -0.39 is 28.0 Å². The zero-order valence-electron chi connectivity index (χ0n) is 21.5. The molecular formula is C28H21F3N4O5S. The van der Waals surface area contributed by atoms with Gasteiger partial charge in [0.1, 0.15) is 29.5 Å². The van der Waals surface area contributed by atoms with E-state index in [2.05, 4.69) is 19.4 Å². The summed E-state index contributed by atoms with van der Waals surface area (Å²) in [6.45, 7) is -1.36. The molecule has 13 heteroatoms. The van der Waals surface area contributed by atoms with Gasteiger partial charge >= 0.3 is 6.61 Å². The molecule has 0 radical (unpaired) electrons. The first-order valence-electron chi connectivity index (χ1n) is 12.0. The van der Waals surface area contributed by atoms with E-state index in [4.69, 9.17) is 4.74 Å². The SMILES string of the molecule is COc1cc(-c2cccc(OC(F)F)c2)c(F)cc1-n1c(=O)ccc2cc(S(=O)(=O)Nc3cc(C)ncn3)ccc21. The number of pyridine rings is 1. The topological polar surface area (TPSA) is 112 Å². The number of hydrogen-bond donors (Lipinski definition) is 1. The van der Waals surface area contributed by atoms with Gasteiger partial charge in [-0.15, -0.1) is 0 Å². The first kappa shape index (κ1) is 27.6. The second-order valence-corrected chi connectivity index (χ2v) is 10.5. The van der Waals surface area contributed by atoms with Crippen molar-refractivity contribution in [2.45, 2.75) is 18.4 Å². The fourth-order valence-electron chi connectivity index (χ4n) is 4.29. The molecule has 5 rings (SSSR count). The summed E-state index contributed by atoms with van der Waals surface area (Å²) in [5.41, 5.74) is 0.652. The van der Waals surface area contributed by atoms with E-state index in [1.54, 1.807) is 6.92 Å². The largest absolute Gasteiger partial charge is 0.495 e. The third kappa shape index (κ3) is 5.70. The van der Waals surface area contributed by atoms with E-state index in [0.717, 1.165) is 6.07 Å². The van der Waals surface area contributed by atoms with E-state index in [0.29, 0.717) is 11.1 Å². The number of methoxy groups -OCH3 is 1. The Hall–Kier alpha value is -4.91. The van der Waals surface area contributed by atoms with Gasteiger partial charge in [0.2, 0.25) is 0 Å². The molecule has 0 unspecified atom stereocenters. The molecule has 0 saturated heterocycles. The maximum Gasteiger partial charge on any atom is 0.387 e. The van der Waals surface area contributed by atoms with Crippen LogP contribution in [0.4, 0.5) is 19.0 Å². The number of ether oxygens (including phenoxy) is 2. The first-order chi connectivity index (χ1) is 19.6. The third-order valence-corrected chi connectivity index (χ3v) is 7.45. The van der Waals surface area contributed by atoms with Crippen LogP contribution >= 0.6 is 0 Å². The highest BCUT2D eigenvalue weighted by atomic mass is 32.2. The number of aromatic nitrogens is 3. The fourth-order valence-corrected chi connectivity index (χ4v) is 5.32. The Bertz CT molecular complexity index is 1950. The van der Waals surface area contributed by atoms with Crippen LogP contribution in [-0.2, 0) is 10.0 Å². The summed E-state index contributed by atoms with van der Waals surface area (Å²) in [7, 11) is -2.71. The van der Waals surface area contributed by atoms with Gasteiger partial charge in [-0.25, -0.2) is 22.8 Å². The molecule has 3 aromatic carbocycles. The van der Waals surface area contributed by atoms with Crippen molar-refractivity contribution in [2.24, 2.45) is 0 Å². The number of alkyl halides is 2. The summed E-state index contributed by atoms with van der Waals surface area (Å²) in [6.07, 6.45) is 1.23. The van der Waals surface area contributed by atoms with Crippen LogP contribution in [0.15, 0.2) is 88.8 Å². The van der Waals surface area contributed by atoms with Crippen LogP contribution in [0.5, 0.6) is 11.5 Å². The Labute approximate surface area is 231 Å². The van der Waals surface area contributed by atoms with Crippen molar-refractivity contribution in [3.63, 3.8) is 0 Å². The Morgan fingerprint density at radius 2 is 1.78 bits per heavy atom. The highest BCUT2D eigenvalue weighted by Gasteiger charge is 2.20. The van der Waals surface area contributed by atoms with Gasteiger partial charge in [-0.1, -0.05) is 12.1 Å². The fraction of sp³-hybridized carbons (Fsp3) is 0.107. The Morgan fingerprint density at radius 1 is 0.976 bits per heavy atom. The van der Waals surface area contributed by atoms with Crippen LogP contribution < -0.4 is 19.8 Å². The Balaban J connectivity index is 1.59. The predicted octanol–water partition coefficient (Wildman–Crippen LogP) is 5.31. The lowest BCUT2D eigenvalue weighted by Gasteiger charge is -2.17. The highest BCUT2D eigenvalue weighted by molar-refractivity contribution is 7.92. The summed E-state index contributed by atoms with van der Waals surface area (Å²) in [4.78, 5) is 20.8. The quantitative estimate of drug-likeness (QED) is 0.264.